The van der Waals surface area contributed by atoms with Crippen molar-refractivity contribution in [2.75, 3.05) is 12.4 Å². The van der Waals surface area contributed by atoms with Crippen molar-refractivity contribution in [3.63, 3.8) is 0 Å². The van der Waals surface area contributed by atoms with Crippen LogP contribution >= 0.6 is 11.8 Å². The molecule has 0 amide bonds. The fraction of sp³-hybridized carbons (Fsp3) is 0.667. The van der Waals surface area contributed by atoms with Gasteiger partial charge in [-0.15, -0.1) is 10.2 Å². The molecule has 0 saturated carbocycles. The van der Waals surface area contributed by atoms with E-state index in [1.54, 1.807) is 17.8 Å². The molecule has 6 nitrogen and oxygen atoms in total. The molecule has 1 aromatic rings. The molecule has 1 heterocycles. The molecule has 1 unspecified atom stereocenters. The second kappa shape index (κ2) is 6.49. The van der Waals surface area contributed by atoms with E-state index < -0.39 is 12.1 Å². The largest absolute Gasteiger partial charge is 0.479 e. The zero-order chi connectivity index (χ0) is 12.0. The first kappa shape index (κ1) is 13.0. The van der Waals surface area contributed by atoms with Crippen LogP contribution in [0.2, 0.25) is 0 Å². The van der Waals surface area contributed by atoms with E-state index in [-0.39, 0.29) is 0 Å². The van der Waals surface area contributed by atoms with Gasteiger partial charge in [-0.1, -0.05) is 11.8 Å². The zero-order valence-electron chi connectivity index (χ0n) is 9.29. The summed E-state index contributed by atoms with van der Waals surface area (Å²) in [5.41, 5.74) is 0. The molecule has 90 valence electrons. The van der Waals surface area contributed by atoms with Crippen LogP contribution in [-0.2, 0) is 16.6 Å². The lowest BCUT2D eigenvalue weighted by molar-refractivity contribution is -0.150. The number of hydrogen-bond donors (Lipinski definition) is 1. The van der Waals surface area contributed by atoms with Gasteiger partial charge in [0.25, 0.3) is 0 Å². The molecule has 0 fully saturated rings. The van der Waals surface area contributed by atoms with E-state index in [2.05, 4.69) is 10.2 Å². The summed E-state index contributed by atoms with van der Waals surface area (Å²) in [7, 11) is 1.85. The molecule has 1 aromatic heterocycles. The Morgan fingerprint density at radius 1 is 1.75 bits per heavy atom. The number of ether oxygens (including phenoxy) is 1. The Labute approximate surface area is 98.0 Å². The molecule has 0 aliphatic heterocycles. The van der Waals surface area contributed by atoms with Crippen LogP contribution in [0.4, 0.5) is 0 Å². The van der Waals surface area contributed by atoms with Crippen LogP contribution in [0, 0.1) is 0 Å². The van der Waals surface area contributed by atoms with Gasteiger partial charge < -0.3 is 14.4 Å². The van der Waals surface area contributed by atoms with Gasteiger partial charge in [0.15, 0.2) is 11.3 Å². The Morgan fingerprint density at radius 3 is 3.00 bits per heavy atom. The van der Waals surface area contributed by atoms with Gasteiger partial charge in [0.05, 0.1) is 0 Å². The highest BCUT2D eigenvalue weighted by Gasteiger charge is 2.17. The summed E-state index contributed by atoms with van der Waals surface area (Å²) in [6.45, 7) is 2.19. The predicted octanol–water partition coefficient (Wildman–Crippen LogP) is 0.787. The maximum atomic E-state index is 10.8. The van der Waals surface area contributed by atoms with Gasteiger partial charge in [-0.2, -0.15) is 0 Å². The van der Waals surface area contributed by atoms with Crippen molar-refractivity contribution in [1.82, 2.24) is 14.8 Å². The zero-order valence-corrected chi connectivity index (χ0v) is 10.1. The second-order valence-corrected chi connectivity index (χ2v) is 4.21. The first-order chi connectivity index (χ1) is 7.65. The van der Waals surface area contributed by atoms with Crippen LogP contribution < -0.4 is 0 Å². The maximum Gasteiger partial charge on any atom is 0.332 e. The first-order valence-corrected chi connectivity index (χ1v) is 5.95. The monoisotopic (exact) mass is 245 g/mol. The summed E-state index contributed by atoms with van der Waals surface area (Å²) in [5.74, 6) is -0.274. The van der Waals surface area contributed by atoms with E-state index in [0.717, 1.165) is 5.16 Å². The third-order valence-corrected chi connectivity index (χ3v) is 2.99. The molecule has 7 heteroatoms. The van der Waals surface area contributed by atoms with Crippen molar-refractivity contribution in [2.45, 2.75) is 24.6 Å². The molecule has 0 radical (unpaired) electrons. The highest BCUT2D eigenvalue weighted by molar-refractivity contribution is 7.99. The van der Waals surface area contributed by atoms with Crippen LogP contribution in [0.5, 0.6) is 0 Å². The number of nitrogens with zero attached hydrogens (tertiary/aromatic N) is 3. The molecule has 1 atom stereocenters. The topological polar surface area (TPSA) is 77.2 Å². The Balaban J connectivity index is 2.33. The van der Waals surface area contributed by atoms with Gasteiger partial charge in [0, 0.05) is 19.4 Å². The molecular weight excluding hydrogens is 230 g/mol. The van der Waals surface area contributed by atoms with Crippen LogP contribution in [0.3, 0.4) is 0 Å². The Kier molecular flexibility index (Phi) is 5.27. The lowest BCUT2D eigenvalue weighted by Crippen LogP contribution is -2.24. The quantitative estimate of drug-likeness (QED) is 0.715. The SMILES string of the molecule is CCOC(CCSc1nncn1C)C(=O)O. The fourth-order valence-corrected chi connectivity index (χ4v) is 2.01. The van der Waals surface area contributed by atoms with Gasteiger partial charge in [-0.25, -0.2) is 4.79 Å². The van der Waals surface area contributed by atoms with Crippen molar-refractivity contribution in [1.29, 1.82) is 0 Å². The minimum absolute atomic E-state index is 0.408. The number of aryl methyl sites for hydroxylation is 1. The van der Waals surface area contributed by atoms with E-state index >= 15 is 0 Å². The van der Waals surface area contributed by atoms with E-state index in [4.69, 9.17) is 9.84 Å². The highest BCUT2D eigenvalue weighted by atomic mass is 32.2. The summed E-state index contributed by atoms with van der Waals surface area (Å²) in [6, 6.07) is 0. The number of hydrogen-bond acceptors (Lipinski definition) is 5. The number of thioether (sulfide) groups is 1. The van der Waals surface area contributed by atoms with Crippen molar-refractivity contribution in [3.05, 3.63) is 6.33 Å². The van der Waals surface area contributed by atoms with Gasteiger partial charge >= 0.3 is 5.97 Å². The van der Waals surface area contributed by atoms with Crippen LogP contribution in [-0.4, -0.2) is 44.3 Å². The van der Waals surface area contributed by atoms with Gasteiger partial charge in [0.2, 0.25) is 0 Å². The van der Waals surface area contributed by atoms with E-state index in [0.29, 0.717) is 18.8 Å². The third-order valence-electron chi connectivity index (χ3n) is 1.92. The van der Waals surface area contributed by atoms with Crippen molar-refractivity contribution in [2.24, 2.45) is 7.05 Å². The Morgan fingerprint density at radius 2 is 2.50 bits per heavy atom. The minimum Gasteiger partial charge on any atom is -0.479 e. The minimum atomic E-state index is -0.916. The smallest absolute Gasteiger partial charge is 0.332 e. The van der Waals surface area contributed by atoms with E-state index in [9.17, 15) is 4.79 Å². The first-order valence-electron chi connectivity index (χ1n) is 4.96. The number of aliphatic carboxylic acids is 1. The molecule has 16 heavy (non-hydrogen) atoms. The van der Waals surface area contributed by atoms with Crippen molar-refractivity contribution >= 4 is 17.7 Å². The normalized spacial score (nSPS) is 12.6. The van der Waals surface area contributed by atoms with E-state index in [1.165, 1.54) is 11.8 Å². The van der Waals surface area contributed by atoms with Crippen LogP contribution in [0.1, 0.15) is 13.3 Å². The van der Waals surface area contributed by atoms with Gasteiger partial charge in [-0.05, 0) is 13.3 Å². The summed E-state index contributed by atoms with van der Waals surface area (Å²) < 4.78 is 6.89. The molecule has 0 aliphatic carbocycles. The number of rotatable bonds is 7. The molecule has 0 bridgehead atoms. The van der Waals surface area contributed by atoms with Crippen molar-refractivity contribution in [3.8, 4) is 0 Å². The molecule has 0 saturated heterocycles. The lowest BCUT2D eigenvalue weighted by atomic mass is 10.3. The molecule has 0 aromatic carbocycles. The number of carbonyl (C=O) groups is 1. The Hall–Kier alpha value is -1.08. The molecule has 1 N–H and O–H groups in total. The summed E-state index contributed by atoms with van der Waals surface area (Å²) in [6.07, 6.45) is 1.34. The second-order valence-electron chi connectivity index (χ2n) is 3.14. The number of carboxylic acids is 1. The van der Waals surface area contributed by atoms with Gasteiger partial charge in [-0.3, -0.25) is 0 Å². The number of aromatic nitrogens is 3. The van der Waals surface area contributed by atoms with Gasteiger partial charge in [0.1, 0.15) is 6.33 Å². The average molecular weight is 245 g/mol. The predicted molar refractivity (Wildman–Crippen MR) is 59.4 cm³/mol. The molecule has 0 aliphatic rings. The summed E-state index contributed by atoms with van der Waals surface area (Å²) >= 11 is 1.47. The van der Waals surface area contributed by atoms with Crippen LogP contribution in [0.25, 0.3) is 0 Å². The van der Waals surface area contributed by atoms with E-state index in [1.807, 2.05) is 7.05 Å². The maximum absolute atomic E-state index is 10.8. The molecule has 1 rings (SSSR count). The third kappa shape index (κ3) is 3.82. The lowest BCUT2D eigenvalue weighted by Gasteiger charge is -2.11. The Bertz CT molecular complexity index is 342. The summed E-state index contributed by atoms with van der Waals surface area (Å²) in [4.78, 5) is 10.8. The standard InChI is InChI=1S/C9H15N3O3S/c1-3-15-7(8(13)14)4-5-16-9-11-10-6-12(9)2/h6-7H,3-5H2,1-2H3,(H,13,14). The van der Waals surface area contributed by atoms with Crippen LogP contribution in [0.15, 0.2) is 11.5 Å². The number of carboxylic acid groups (broad SMARTS) is 1. The highest BCUT2D eigenvalue weighted by Crippen LogP contribution is 2.16. The summed E-state index contributed by atoms with van der Waals surface area (Å²) in [5, 5.41) is 17.3. The fourth-order valence-electron chi connectivity index (χ4n) is 1.14. The average Bonchev–Trinajstić information content (AvgIpc) is 2.63. The molecular formula is C9H15N3O3S. The molecule has 0 spiro atoms. The van der Waals surface area contributed by atoms with Crippen molar-refractivity contribution < 1.29 is 14.6 Å².